The molecule has 2 N–H and O–H groups in total. The standard InChI is InChI=1S/C18H21ClN2O2/c1-21(2)17(13-7-4-3-5-8-13)18(23)20-12-16(22)14-9-6-10-15(19)11-14/h3-11,16-17,22H,12H2,1-2H3,(H,20,23). The third-order valence-corrected chi connectivity index (χ3v) is 3.82. The average molecular weight is 333 g/mol. The number of nitrogens with one attached hydrogen (secondary N) is 1. The second-order valence-corrected chi connectivity index (χ2v) is 6.03. The molecule has 122 valence electrons. The predicted molar refractivity (Wildman–Crippen MR) is 92.3 cm³/mol. The van der Waals surface area contributed by atoms with Crippen LogP contribution in [0.3, 0.4) is 0 Å². The summed E-state index contributed by atoms with van der Waals surface area (Å²) in [5.74, 6) is -0.151. The summed E-state index contributed by atoms with van der Waals surface area (Å²) in [7, 11) is 3.70. The predicted octanol–water partition coefficient (Wildman–Crippen LogP) is 2.79. The second-order valence-electron chi connectivity index (χ2n) is 5.59. The van der Waals surface area contributed by atoms with Gasteiger partial charge in [0, 0.05) is 11.6 Å². The van der Waals surface area contributed by atoms with E-state index in [0.717, 1.165) is 5.56 Å². The van der Waals surface area contributed by atoms with Gasteiger partial charge in [-0.1, -0.05) is 54.1 Å². The molecule has 0 radical (unpaired) electrons. The highest BCUT2D eigenvalue weighted by Gasteiger charge is 2.23. The molecule has 1 amide bonds. The molecule has 0 spiro atoms. The normalized spacial score (nSPS) is 13.6. The van der Waals surface area contributed by atoms with Gasteiger partial charge in [0.05, 0.1) is 6.10 Å². The monoisotopic (exact) mass is 332 g/mol. The molecular formula is C18H21ClN2O2. The van der Waals surface area contributed by atoms with Crippen molar-refractivity contribution in [1.82, 2.24) is 10.2 Å². The van der Waals surface area contributed by atoms with Crippen molar-refractivity contribution in [3.05, 3.63) is 70.7 Å². The smallest absolute Gasteiger partial charge is 0.242 e. The number of halogens is 1. The average Bonchev–Trinajstić information content (AvgIpc) is 2.53. The van der Waals surface area contributed by atoms with E-state index < -0.39 is 12.1 Å². The molecule has 0 saturated heterocycles. The van der Waals surface area contributed by atoms with Crippen LogP contribution in [0.5, 0.6) is 0 Å². The van der Waals surface area contributed by atoms with Crippen LogP contribution in [0.15, 0.2) is 54.6 Å². The summed E-state index contributed by atoms with van der Waals surface area (Å²) in [6.45, 7) is 0.135. The van der Waals surface area contributed by atoms with E-state index in [9.17, 15) is 9.90 Å². The largest absolute Gasteiger partial charge is 0.387 e. The van der Waals surface area contributed by atoms with Crippen LogP contribution in [0.2, 0.25) is 5.02 Å². The quantitative estimate of drug-likeness (QED) is 0.855. The van der Waals surface area contributed by atoms with Gasteiger partial charge in [0.2, 0.25) is 5.91 Å². The molecule has 23 heavy (non-hydrogen) atoms. The number of carbonyl (C=O) groups excluding carboxylic acids is 1. The SMILES string of the molecule is CN(C)C(C(=O)NCC(O)c1cccc(Cl)c1)c1ccccc1. The molecule has 2 rings (SSSR count). The van der Waals surface area contributed by atoms with Gasteiger partial charge in [0.15, 0.2) is 0 Å². The van der Waals surface area contributed by atoms with Crippen molar-refractivity contribution < 1.29 is 9.90 Å². The molecule has 0 bridgehead atoms. The Kier molecular flexibility index (Phi) is 6.16. The molecule has 0 saturated carbocycles. The van der Waals surface area contributed by atoms with Crippen LogP contribution in [-0.2, 0) is 4.79 Å². The second kappa shape index (κ2) is 8.11. The van der Waals surface area contributed by atoms with Gasteiger partial charge in [-0.15, -0.1) is 0 Å². The summed E-state index contributed by atoms with van der Waals surface area (Å²) in [5.41, 5.74) is 1.59. The van der Waals surface area contributed by atoms with E-state index in [-0.39, 0.29) is 12.5 Å². The van der Waals surface area contributed by atoms with Crippen LogP contribution in [0.1, 0.15) is 23.3 Å². The molecule has 5 heteroatoms. The zero-order chi connectivity index (χ0) is 16.8. The van der Waals surface area contributed by atoms with Crippen molar-refractivity contribution in [3.8, 4) is 0 Å². The number of hydrogen-bond donors (Lipinski definition) is 2. The van der Waals surface area contributed by atoms with Gasteiger partial charge in [-0.2, -0.15) is 0 Å². The Morgan fingerprint density at radius 2 is 1.78 bits per heavy atom. The molecule has 4 nitrogen and oxygen atoms in total. The highest BCUT2D eigenvalue weighted by molar-refractivity contribution is 6.30. The molecule has 0 aliphatic carbocycles. The van der Waals surface area contributed by atoms with Gasteiger partial charge < -0.3 is 10.4 Å². The number of amides is 1. The van der Waals surface area contributed by atoms with E-state index in [2.05, 4.69) is 5.32 Å². The minimum Gasteiger partial charge on any atom is -0.387 e. The van der Waals surface area contributed by atoms with Gasteiger partial charge in [-0.05, 0) is 37.4 Å². The number of hydrogen-bond acceptors (Lipinski definition) is 3. The third-order valence-electron chi connectivity index (χ3n) is 3.58. The van der Waals surface area contributed by atoms with Gasteiger partial charge in [0.25, 0.3) is 0 Å². The Balaban J connectivity index is 2.02. The van der Waals surface area contributed by atoms with Crippen LogP contribution >= 0.6 is 11.6 Å². The van der Waals surface area contributed by atoms with Crippen LogP contribution in [0, 0.1) is 0 Å². The third kappa shape index (κ3) is 4.79. The Hall–Kier alpha value is -1.88. The van der Waals surface area contributed by atoms with Crippen LogP contribution in [-0.4, -0.2) is 36.6 Å². The zero-order valence-corrected chi connectivity index (χ0v) is 14.0. The van der Waals surface area contributed by atoms with E-state index >= 15 is 0 Å². The summed E-state index contributed by atoms with van der Waals surface area (Å²) >= 11 is 5.92. The Morgan fingerprint density at radius 3 is 2.39 bits per heavy atom. The zero-order valence-electron chi connectivity index (χ0n) is 13.2. The lowest BCUT2D eigenvalue weighted by Crippen LogP contribution is -2.38. The lowest BCUT2D eigenvalue weighted by molar-refractivity contribution is -0.126. The first kappa shape index (κ1) is 17.5. The molecule has 2 unspecified atom stereocenters. The number of aliphatic hydroxyl groups excluding tert-OH is 1. The fraction of sp³-hybridized carbons (Fsp3) is 0.278. The Labute approximate surface area is 141 Å². The number of likely N-dealkylation sites (N-methyl/N-ethyl adjacent to an activating group) is 1. The molecular weight excluding hydrogens is 312 g/mol. The molecule has 2 aromatic rings. The van der Waals surface area contributed by atoms with Crippen molar-refractivity contribution >= 4 is 17.5 Å². The molecule has 2 atom stereocenters. The highest BCUT2D eigenvalue weighted by atomic mass is 35.5. The summed E-state index contributed by atoms with van der Waals surface area (Å²) in [6.07, 6.45) is -0.795. The molecule has 0 aliphatic rings. The van der Waals surface area contributed by atoms with Gasteiger partial charge in [-0.25, -0.2) is 0 Å². The van der Waals surface area contributed by atoms with Gasteiger partial charge in [0.1, 0.15) is 6.04 Å². The van der Waals surface area contributed by atoms with Gasteiger partial charge in [-0.3, -0.25) is 9.69 Å². The lowest BCUT2D eigenvalue weighted by Gasteiger charge is -2.24. The van der Waals surface area contributed by atoms with Gasteiger partial charge >= 0.3 is 0 Å². The molecule has 2 aromatic carbocycles. The minimum atomic E-state index is -0.795. The lowest BCUT2D eigenvalue weighted by atomic mass is 10.0. The van der Waals surface area contributed by atoms with Crippen molar-refractivity contribution in [2.24, 2.45) is 0 Å². The van der Waals surface area contributed by atoms with E-state index in [1.54, 1.807) is 24.3 Å². The first-order chi connectivity index (χ1) is 11.0. The Morgan fingerprint density at radius 1 is 1.13 bits per heavy atom. The Bertz CT molecular complexity index is 646. The van der Waals surface area contributed by atoms with E-state index in [1.165, 1.54) is 0 Å². The summed E-state index contributed by atoms with van der Waals surface area (Å²) in [6, 6.07) is 16.1. The van der Waals surface area contributed by atoms with Crippen LogP contribution in [0.25, 0.3) is 0 Å². The molecule has 0 aliphatic heterocycles. The number of benzene rings is 2. The maximum atomic E-state index is 12.5. The fourth-order valence-electron chi connectivity index (χ4n) is 2.45. The van der Waals surface area contributed by atoms with Crippen molar-refractivity contribution in [1.29, 1.82) is 0 Å². The molecule has 0 aromatic heterocycles. The topological polar surface area (TPSA) is 52.6 Å². The van der Waals surface area contributed by atoms with Crippen LogP contribution in [0.4, 0.5) is 0 Å². The molecule has 0 heterocycles. The fourth-order valence-corrected chi connectivity index (χ4v) is 2.64. The first-order valence-corrected chi connectivity index (χ1v) is 7.79. The molecule has 0 fully saturated rings. The van der Waals surface area contributed by atoms with Crippen molar-refractivity contribution in [2.75, 3.05) is 20.6 Å². The summed E-state index contributed by atoms with van der Waals surface area (Å²) in [5, 5.41) is 13.6. The van der Waals surface area contributed by atoms with E-state index in [4.69, 9.17) is 11.6 Å². The summed E-state index contributed by atoms with van der Waals surface area (Å²) in [4.78, 5) is 14.3. The number of aliphatic hydroxyl groups is 1. The van der Waals surface area contributed by atoms with E-state index in [0.29, 0.717) is 10.6 Å². The highest BCUT2D eigenvalue weighted by Crippen LogP contribution is 2.20. The number of nitrogens with zero attached hydrogens (tertiary/aromatic N) is 1. The first-order valence-electron chi connectivity index (χ1n) is 7.41. The van der Waals surface area contributed by atoms with Crippen molar-refractivity contribution in [3.63, 3.8) is 0 Å². The van der Waals surface area contributed by atoms with E-state index in [1.807, 2.05) is 49.3 Å². The number of rotatable bonds is 6. The summed E-state index contributed by atoms with van der Waals surface area (Å²) < 4.78 is 0. The maximum absolute atomic E-state index is 12.5. The van der Waals surface area contributed by atoms with Crippen LogP contribution < -0.4 is 5.32 Å². The maximum Gasteiger partial charge on any atom is 0.242 e. The number of carbonyl (C=O) groups is 1. The minimum absolute atomic E-state index is 0.135. The van der Waals surface area contributed by atoms with Crippen molar-refractivity contribution in [2.45, 2.75) is 12.1 Å².